The molecule has 1 aromatic rings. The molecule has 0 spiro atoms. The van der Waals surface area contributed by atoms with E-state index in [1.165, 1.54) is 11.1 Å². The van der Waals surface area contributed by atoms with Gasteiger partial charge in [-0.3, -0.25) is 0 Å². The minimum absolute atomic E-state index is 0.249. The van der Waals surface area contributed by atoms with E-state index in [9.17, 15) is 0 Å². The van der Waals surface area contributed by atoms with Crippen molar-refractivity contribution in [1.82, 2.24) is 0 Å². The van der Waals surface area contributed by atoms with E-state index in [0.717, 1.165) is 12.2 Å². The van der Waals surface area contributed by atoms with Gasteiger partial charge in [-0.2, -0.15) is 0 Å². The van der Waals surface area contributed by atoms with E-state index in [1.807, 2.05) is 6.07 Å². The highest BCUT2D eigenvalue weighted by Crippen LogP contribution is 2.30. The van der Waals surface area contributed by atoms with Crippen molar-refractivity contribution in [1.29, 1.82) is 0 Å². The highest BCUT2D eigenvalue weighted by molar-refractivity contribution is 5.40. The summed E-state index contributed by atoms with van der Waals surface area (Å²) in [5.41, 5.74) is 8.08. The number of para-hydroxylation sites is 1. The number of rotatable bonds is 2. The van der Waals surface area contributed by atoms with Gasteiger partial charge in [-0.1, -0.05) is 18.2 Å². The van der Waals surface area contributed by atoms with Crippen LogP contribution in [0.15, 0.2) is 18.2 Å². The number of ether oxygens (including phenoxy) is 1. The van der Waals surface area contributed by atoms with E-state index < -0.39 is 0 Å². The van der Waals surface area contributed by atoms with Crippen molar-refractivity contribution < 1.29 is 4.74 Å². The summed E-state index contributed by atoms with van der Waals surface area (Å²) in [5, 5.41) is 0. The lowest BCUT2D eigenvalue weighted by Crippen LogP contribution is -2.11. The molecule has 2 atom stereocenters. The zero-order valence-corrected chi connectivity index (χ0v) is 8.08. The molecule has 2 N–H and O–H groups in total. The summed E-state index contributed by atoms with van der Waals surface area (Å²) < 4.78 is 5.77. The summed E-state index contributed by atoms with van der Waals surface area (Å²) in [6.45, 7) is 4.13. The average molecular weight is 177 g/mol. The highest BCUT2D eigenvalue weighted by Gasteiger charge is 2.36. The molecule has 0 aliphatic heterocycles. The van der Waals surface area contributed by atoms with Gasteiger partial charge in [-0.15, -0.1) is 0 Å². The van der Waals surface area contributed by atoms with E-state index in [2.05, 4.69) is 26.0 Å². The predicted octanol–water partition coefficient (Wildman–Crippen LogP) is 1.78. The molecule has 0 saturated heterocycles. The number of nitrogens with two attached hydrogens (primary N) is 1. The minimum Gasteiger partial charge on any atom is -0.488 e. The van der Waals surface area contributed by atoms with Gasteiger partial charge in [0.05, 0.1) is 0 Å². The second-order valence-corrected chi connectivity index (χ2v) is 3.78. The summed E-state index contributed by atoms with van der Waals surface area (Å²) >= 11 is 0. The predicted molar refractivity (Wildman–Crippen MR) is 52.9 cm³/mol. The Bertz CT molecular complexity index is 302. The largest absolute Gasteiger partial charge is 0.488 e. The fourth-order valence-corrected chi connectivity index (χ4v) is 1.46. The van der Waals surface area contributed by atoms with E-state index in [4.69, 9.17) is 10.5 Å². The Hall–Kier alpha value is -1.02. The Morgan fingerprint density at radius 2 is 1.85 bits per heavy atom. The lowest BCUT2D eigenvalue weighted by molar-refractivity contribution is 0.292. The first-order chi connectivity index (χ1) is 6.18. The Labute approximate surface area is 78.7 Å². The number of benzene rings is 1. The molecule has 0 aromatic heterocycles. The molecule has 1 aliphatic carbocycles. The first-order valence-electron chi connectivity index (χ1n) is 4.67. The number of hydrogen-bond acceptors (Lipinski definition) is 2. The van der Waals surface area contributed by atoms with Crippen molar-refractivity contribution in [2.45, 2.75) is 32.4 Å². The van der Waals surface area contributed by atoms with E-state index in [1.54, 1.807) is 0 Å². The second kappa shape index (κ2) is 3.04. The normalized spacial score (nSPS) is 25.8. The van der Waals surface area contributed by atoms with Crippen LogP contribution in [0.2, 0.25) is 0 Å². The summed E-state index contributed by atoms with van der Waals surface area (Å²) in [6.07, 6.45) is 1.24. The molecule has 0 unspecified atom stereocenters. The van der Waals surface area contributed by atoms with E-state index in [-0.39, 0.29) is 12.1 Å². The molecule has 2 heteroatoms. The van der Waals surface area contributed by atoms with Crippen molar-refractivity contribution >= 4 is 0 Å². The smallest absolute Gasteiger partial charge is 0.125 e. The molecule has 1 saturated carbocycles. The van der Waals surface area contributed by atoms with Crippen LogP contribution in [0.5, 0.6) is 5.75 Å². The Kier molecular flexibility index (Phi) is 2.00. The van der Waals surface area contributed by atoms with Gasteiger partial charge in [0.25, 0.3) is 0 Å². The van der Waals surface area contributed by atoms with Crippen molar-refractivity contribution in [3.8, 4) is 5.75 Å². The number of aryl methyl sites for hydroxylation is 2. The average Bonchev–Trinajstić information content (AvgIpc) is 2.75. The fraction of sp³-hybridized carbons (Fsp3) is 0.455. The molecule has 13 heavy (non-hydrogen) atoms. The molecule has 0 amide bonds. The Morgan fingerprint density at radius 1 is 1.31 bits per heavy atom. The van der Waals surface area contributed by atoms with Gasteiger partial charge in [0.1, 0.15) is 11.9 Å². The quantitative estimate of drug-likeness (QED) is 0.747. The SMILES string of the molecule is Cc1cccc(C)c1O[C@@H]1C[C@H]1N. The van der Waals surface area contributed by atoms with Crippen LogP contribution in [-0.4, -0.2) is 12.1 Å². The van der Waals surface area contributed by atoms with Crippen LogP contribution >= 0.6 is 0 Å². The van der Waals surface area contributed by atoms with Gasteiger partial charge in [-0.05, 0) is 25.0 Å². The molecule has 1 aliphatic rings. The summed E-state index contributed by atoms with van der Waals surface area (Å²) in [4.78, 5) is 0. The standard InChI is InChI=1S/C11H15NO/c1-7-4-3-5-8(2)11(7)13-10-6-9(10)12/h3-5,9-10H,6,12H2,1-2H3/t9-,10-/m1/s1. The zero-order chi connectivity index (χ0) is 9.42. The monoisotopic (exact) mass is 177 g/mol. The molecule has 0 radical (unpaired) electrons. The molecule has 0 heterocycles. The van der Waals surface area contributed by atoms with Crippen LogP contribution in [0.25, 0.3) is 0 Å². The van der Waals surface area contributed by atoms with Crippen molar-refractivity contribution in [3.05, 3.63) is 29.3 Å². The Morgan fingerprint density at radius 3 is 2.31 bits per heavy atom. The van der Waals surface area contributed by atoms with Crippen LogP contribution in [0.4, 0.5) is 0 Å². The molecule has 1 aromatic carbocycles. The molecular weight excluding hydrogens is 162 g/mol. The minimum atomic E-state index is 0.249. The van der Waals surface area contributed by atoms with Gasteiger partial charge in [-0.25, -0.2) is 0 Å². The highest BCUT2D eigenvalue weighted by atomic mass is 16.5. The third kappa shape index (κ3) is 1.68. The fourth-order valence-electron chi connectivity index (χ4n) is 1.46. The van der Waals surface area contributed by atoms with Crippen LogP contribution in [0, 0.1) is 13.8 Å². The van der Waals surface area contributed by atoms with Crippen molar-refractivity contribution in [2.24, 2.45) is 5.73 Å². The summed E-state index contributed by atoms with van der Waals surface area (Å²) in [7, 11) is 0. The van der Waals surface area contributed by atoms with Crippen LogP contribution in [-0.2, 0) is 0 Å². The van der Waals surface area contributed by atoms with Crippen LogP contribution in [0.1, 0.15) is 17.5 Å². The van der Waals surface area contributed by atoms with Crippen molar-refractivity contribution in [2.75, 3.05) is 0 Å². The maximum atomic E-state index is 5.77. The van der Waals surface area contributed by atoms with Crippen LogP contribution < -0.4 is 10.5 Å². The summed E-state index contributed by atoms with van der Waals surface area (Å²) in [5.74, 6) is 1.01. The molecule has 70 valence electrons. The zero-order valence-electron chi connectivity index (χ0n) is 8.08. The first kappa shape index (κ1) is 8.57. The van der Waals surface area contributed by atoms with E-state index >= 15 is 0 Å². The maximum absolute atomic E-state index is 5.77. The topological polar surface area (TPSA) is 35.2 Å². The number of hydrogen-bond donors (Lipinski definition) is 1. The first-order valence-corrected chi connectivity index (χ1v) is 4.67. The molecule has 0 bridgehead atoms. The molecule has 2 rings (SSSR count). The van der Waals surface area contributed by atoms with Gasteiger partial charge in [0, 0.05) is 12.5 Å². The van der Waals surface area contributed by atoms with E-state index in [0.29, 0.717) is 0 Å². The van der Waals surface area contributed by atoms with Crippen LogP contribution in [0.3, 0.4) is 0 Å². The van der Waals surface area contributed by atoms with Crippen molar-refractivity contribution in [3.63, 3.8) is 0 Å². The lowest BCUT2D eigenvalue weighted by Gasteiger charge is -2.10. The third-order valence-corrected chi connectivity index (χ3v) is 2.46. The second-order valence-electron chi connectivity index (χ2n) is 3.78. The molecule has 2 nitrogen and oxygen atoms in total. The van der Waals surface area contributed by atoms with Gasteiger partial charge in [0.2, 0.25) is 0 Å². The molecular formula is C11H15NO. The summed E-state index contributed by atoms with van der Waals surface area (Å²) in [6, 6.07) is 6.43. The Balaban J connectivity index is 2.18. The maximum Gasteiger partial charge on any atom is 0.125 e. The molecule has 1 fully saturated rings. The third-order valence-electron chi connectivity index (χ3n) is 2.46. The van der Waals surface area contributed by atoms with Gasteiger partial charge in [0.15, 0.2) is 0 Å². The van der Waals surface area contributed by atoms with Gasteiger partial charge < -0.3 is 10.5 Å². The lowest BCUT2D eigenvalue weighted by atomic mass is 10.1. The van der Waals surface area contributed by atoms with Gasteiger partial charge >= 0.3 is 0 Å².